The number of nitrogens with one attached hydrogen (secondary N) is 1. The molecule has 0 radical (unpaired) electrons. The van der Waals surface area contributed by atoms with Crippen molar-refractivity contribution in [2.45, 2.75) is 39.8 Å². The number of pyridine rings is 1. The van der Waals surface area contributed by atoms with Gasteiger partial charge in [0.25, 0.3) is 0 Å². The molecule has 0 bridgehead atoms. The predicted octanol–water partition coefficient (Wildman–Crippen LogP) is 4.25. The van der Waals surface area contributed by atoms with Gasteiger partial charge in [0, 0.05) is 12.1 Å². The van der Waals surface area contributed by atoms with Crippen molar-refractivity contribution in [3.8, 4) is 0 Å². The average molecular weight is 272 g/mol. The van der Waals surface area contributed by atoms with E-state index in [2.05, 4.69) is 49.3 Å². The van der Waals surface area contributed by atoms with Crippen LogP contribution in [-0.4, -0.2) is 4.98 Å². The molecule has 0 aliphatic heterocycles. The highest BCUT2D eigenvalue weighted by molar-refractivity contribution is 5.32. The second-order valence-electron chi connectivity index (χ2n) is 5.37. The molecule has 1 heterocycles. The van der Waals surface area contributed by atoms with E-state index in [-0.39, 0.29) is 17.9 Å². The van der Waals surface area contributed by atoms with Crippen molar-refractivity contribution in [2.24, 2.45) is 0 Å². The molecular formula is C17H21FN2. The molecule has 0 saturated carbocycles. The Morgan fingerprint density at radius 3 is 2.40 bits per heavy atom. The van der Waals surface area contributed by atoms with Gasteiger partial charge in [-0.3, -0.25) is 4.98 Å². The summed E-state index contributed by atoms with van der Waals surface area (Å²) in [6.45, 7) is 8.40. The first-order valence-electron chi connectivity index (χ1n) is 6.92. The summed E-state index contributed by atoms with van der Waals surface area (Å²) in [5.41, 5.74) is 4.68. The zero-order valence-electron chi connectivity index (χ0n) is 12.4. The first-order chi connectivity index (χ1) is 9.47. The quantitative estimate of drug-likeness (QED) is 0.900. The van der Waals surface area contributed by atoms with Crippen LogP contribution < -0.4 is 5.32 Å². The van der Waals surface area contributed by atoms with Gasteiger partial charge in [-0.1, -0.05) is 23.8 Å². The van der Waals surface area contributed by atoms with Crippen molar-refractivity contribution in [1.29, 1.82) is 0 Å². The number of aryl methyl sites for hydroxylation is 2. The Bertz CT molecular complexity index is 578. The summed E-state index contributed by atoms with van der Waals surface area (Å²) in [7, 11) is 0. The van der Waals surface area contributed by atoms with Crippen LogP contribution >= 0.6 is 0 Å². The van der Waals surface area contributed by atoms with E-state index in [0.29, 0.717) is 0 Å². The number of nitrogens with zero attached hydrogens (tertiary/aromatic N) is 1. The fraction of sp³-hybridized carbons (Fsp3) is 0.353. The summed E-state index contributed by atoms with van der Waals surface area (Å²) in [5, 5.41) is 3.51. The normalized spacial score (nSPS) is 14.1. The first-order valence-corrected chi connectivity index (χ1v) is 6.92. The summed E-state index contributed by atoms with van der Waals surface area (Å²) in [6.07, 6.45) is 1.26. The van der Waals surface area contributed by atoms with Crippen LogP contribution in [0.5, 0.6) is 0 Å². The molecule has 0 amide bonds. The summed E-state index contributed by atoms with van der Waals surface area (Å²) in [4.78, 5) is 4.12. The zero-order valence-corrected chi connectivity index (χ0v) is 12.4. The molecule has 20 heavy (non-hydrogen) atoms. The lowest BCUT2D eigenvalue weighted by Crippen LogP contribution is -2.23. The van der Waals surface area contributed by atoms with E-state index in [1.165, 1.54) is 29.0 Å². The van der Waals surface area contributed by atoms with Gasteiger partial charge in [0.1, 0.15) is 5.82 Å². The molecule has 2 rings (SSSR count). The minimum Gasteiger partial charge on any atom is -0.302 e. The van der Waals surface area contributed by atoms with Crippen LogP contribution in [0, 0.1) is 19.7 Å². The van der Waals surface area contributed by atoms with Gasteiger partial charge in [-0.2, -0.15) is 0 Å². The third-order valence-corrected chi connectivity index (χ3v) is 3.59. The van der Waals surface area contributed by atoms with Crippen molar-refractivity contribution in [2.75, 3.05) is 0 Å². The Kier molecular flexibility index (Phi) is 4.50. The summed E-state index contributed by atoms with van der Waals surface area (Å²) in [5.74, 6) is -0.302. The molecule has 0 aliphatic rings. The number of hydrogen-bond acceptors (Lipinski definition) is 2. The van der Waals surface area contributed by atoms with Crippen LogP contribution in [-0.2, 0) is 0 Å². The monoisotopic (exact) mass is 272 g/mol. The fourth-order valence-electron chi connectivity index (χ4n) is 2.51. The number of benzene rings is 1. The highest BCUT2D eigenvalue weighted by Gasteiger charge is 2.13. The van der Waals surface area contributed by atoms with Gasteiger partial charge in [0.15, 0.2) is 0 Å². The largest absolute Gasteiger partial charge is 0.302 e. The van der Waals surface area contributed by atoms with Crippen molar-refractivity contribution in [3.05, 3.63) is 64.7 Å². The molecule has 2 unspecified atom stereocenters. The Balaban J connectivity index is 2.10. The molecule has 0 saturated heterocycles. The smallest absolute Gasteiger partial charge is 0.141 e. The number of aromatic nitrogens is 1. The van der Waals surface area contributed by atoms with E-state index >= 15 is 0 Å². The summed E-state index contributed by atoms with van der Waals surface area (Å²) < 4.78 is 12.9. The summed E-state index contributed by atoms with van der Waals surface area (Å²) in [6, 6.07) is 9.94. The number of hydrogen-bond donors (Lipinski definition) is 1. The Hall–Kier alpha value is -1.74. The molecule has 3 heteroatoms. The lowest BCUT2D eigenvalue weighted by Gasteiger charge is -2.21. The Morgan fingerprint density at radius 1 is 1.05 bits per heavy atom. The van der Waals surface area contributed by atoms with E-state index in [1.807, 2.05) is 6.92 Å². The van der Waals surface area contributed by atoms with Gasteiger partial charge in [0.05, 0.1) is 11.9 Å². The van der Waals surface area contributed by atoms with Crippen LogP contribution in [0.2, 0.25) is 0 Å². The minimum absolute atomic E-state index is 0.0753. The highest BCUT2D eigenvalue weighted by Crippen LogP contribution is 2.22. The standard InChI is InChI=1S/C17H21FN2/c1-11-5-7-16(12(2)9-11)13(3)20-14(4)17-8-6-15(18)10-19-17/h5-10,13-14,20H,1-4H3. The molecule has 1 N–H and O–H groups in total. The summed E-state index contributed by atoms with van der Waals surface area (Å²) >= 11 is 0. The second-order valence-corrected chi connectivity index (χ2v) is 5.37. The van der Waals surface area contributed by atoms with Crippen LogP contribution in [0.4, 0.5) is 4.39 Å². The first kappa shape index (κ1) is 14.7. The molecule has 0 spiro atoms. The third kappa shape index (κ3) is 3.42. The van der Waals surface area contributed by atoms with E-state index < -0.39 is 0 Å². The van der Waals surface area contributed by atoms with Crippen LogP contribution in [0.15, 0.2) is 36.5 Å². The molecule has 0 aliphatic carbocycles. The third-order valence-electron chi connectivity index (χ3n) is 3.59. The van der Waals surface area contributed by atoms with Crippen molar-refractivity contribution < 1.29 is 4.39 Å². The Labute approximate surface area is 120 Å². The molecule has 0 fully saturated rings. The topological polar surface area (TPSA) is 24.9 Å². The molecule has 2 atom stereocenters. The molecule has 2 aromatic rings. The molecule has 1 aromatic heterocycles. The van der Waals surface area contributed by atoms with E-state index in [1.54, 1.807) is 6.07 Å². The van der Waals surface area contributed by atoms with Gasteiger partial charge >= 0.3 is 0 Å². The van der Waals surface area contributed by atoms with E-state index in [9.17, 15) is 4.39 Å². The SMILES string of the molecule is Cc1ccc(C(C)NC(C)c2ccc(F)cn2)c(C)c1. The maximum atomic E-state index is 12.9. The predicted molar refractivity (Wildman–Crippen MR) is 80.1 cm³/mol. The average Bonchev–Trinajstić information content (AvgIpc) is 2.39. The van der Waals surface area contributed by atoms with Crippen molar-refractivity contribution in [1.82, 2.24) is 10.3 Å². The lowest BCUT2D eigenvalue weighted by molar-refractivity contribution is 0.483. The van der Waals surface area contributed by atoms with Crippen LogP contribution in [0.1, 0.15) is 48.3 Å². The van der Waals surface area contributed by atoms with Crippen molar-refractivity contribution in [3.63, 3.8) is 0 Å². The molecule has 106 valence electrons. The maximum Gasteiger partial charge on any atom is 0.141 e. The van der Waals surface area contributed by atoms with Crippen molar-refractivity contribution >= 4 is 0 Å². The molecule has 1 aromatic carbocycles. The lowest BCUT2D eigenvalue weighted by atomic mass is 9.99. The van der Waals surface area contributed by atoms with Gasteiger partial charge in [-0.25, -0.2) is 4.39 Å². The minimum atomic E-state index is -0.302. The maximum absolute atomic E-state index is 12.9. The van der Waals surface area contributed by atoms with Gasteiger partial charge in [0.2, 0.25) is 0 Å². The van der Waals surface area contributed by atoms with Gasteiger partial charge in [-0.05, 0) is 51.0 Å². The Morgan fingerprint density at radius 2 is 1.80 bits per heavy atom. The molecular weight excluding hydrogens is 251 g/mol. The highest BCUT2D eigenvalue weighted by atomic mass is 19.1. The fourth-order valence-corrected chi connectivity index (χ4v) is 2.51. The van der Waals surface area contributed by atoms with E-state index in [4.69, 9.17) is 0 Å². The zero-order chi connectivity index (χ0) is 14.7. The molecule has 2 nitrogen and oxygen atoms in total. The van der Waals surface area contributed by atoms with Crippen LogP contribution in [0.3, 0.4) is 0 Å². The van der Waals surface area contributed by atoms with Gasteiger partial charge in [-0.15, -0.1) is 0 Å². The van der Waals surface area contributed by atoms with E-state index in [0.717, 1.165) is 5.69 Å². The second kappa shape index (κ2) is 6.14. The van der Waals surface area contributed by atoms with Gasteiger partial charge < -0.3 is 5.32 Å². The van der Waals surface area contributed by atoms with Crippen LogP contribution in [0.25, 0.3) is 0 Å². The number of halogens is 1. The number of rotatable bonds is 4.